The van der Waals surface area contributed by atoms with Crippen LogP contribution in [0.25, 0.3) is 0 Å². The number of halogens is 4. The van der Waals surface area contributed by atoms with E-state index in [1.165, 1.54) is 0 Å². The minimum Gasteiger partial charge on any atom is -0.207 e. The molecular formula is C15H12BrF3. The fraction of sp³-hybridized carbons (Fsp3) is 0.200. The van der Waals surface area contributed by atoms with Gasteiger partial charge in [-0.05, 0) is 25.5 Å². The van der Waals surface area contributed by atoms with E-state index < -0.39 is 22.3 Å². The van der Waals surface area contributed by atoms with Gasteiger partial charge in [-0.1, -0.05) is 45.3 Å². The van der Waals surface area contributed by atoms with Gasteiger partial charge in [-0.25, -0.2) is 13.2 Å². The molecule has 0 bridgehead atoms. The second-order valence-electron chi connectivity index (χ2n) is 4.57. The van der Waals surface area contributed by atoms with Crippen LogP contribution in [-0.4, -0.2) is 0 Å². The number of aryl methyl sites for hydroxylation is 2. The topological polar surface area (TPSA) is 0 Å². The Kier molecular flexibility index (Phi) is 3.99. The number of hydrogen-bond acceptors (Lipinski definition) is 0. The van der Waals surface area contributed by atoms with Crippen LogP contribution >= 0.6 is 15.9 Å². The molecule has 0 radical (unpaired) electrons. The van der Waals surface area contributed by atoms with Crippen LogP contribution in [0.4, 0.5) is 13.2 Å². The molecular weight excluding hydrogens is 317 g/mol. The van der Waals surface area contributed by atoms with Crippen LogP contribution in [0.5, 0.6) is 0 Å². The Bertz CT molecular complexity index is 603. The molecule has 0 nitrogen and oxygen atoms in total. The van der Waals surface area contributed by atoms with Crippen LogP contribution in [0.2, 0.25) is 0 Å². The third-order valence-electron chi connectivity index (χ3n) is 2.85. The van der Waals surface area contributed by atoms with Crippen LogP contribution < -0.4 is 0 Å². The first-order valence-corrected chi connectivity index (χ1v) is 6.66. The molecule has 1 atom stereocenters. The van der Waals surface area contributed by atoms with E-state index in [2.05, 4.69) is 15.9 Å². The first-order valence-electron chi connectivity index (χ1n) is 5.75. The predicted octanol–water partition coefficient (Wildman–Crippen LogP) is 5.21. The molecule has 0 aliphatic heterocycles. The van der Waals surface area contributed by atoms with Crippen molar-refractivity contribution in [2.45, 2.75) is 18.7 Å². The summed E-state index contributed by atoms with van der Waals surface area (Å²) in [4.78, 5) is -0.513. The van der Waals surface area contributed by atoms with E-state index in [1.807, 2.05) is 32.0 Å². The van der Waals surface area contributed by atoms with Crippen molar-refractivity contribution in [2.75, 3.05) is 0 Å². The van der Waals surface area contributed by atoms with Gasteiger partial charge in [0.2, 0.25) is 0 Å². The summed E-state index contributed by atoms with van der Waals surface area (Å²) in [7, 11) is 0. The van der Waals surface area contributed by atoms with Crippen molar-refractivity contribution < 1.29 is 13.2 Å². The van der Waals surface area contributed by atoms with E-state index in [4.69, 9.17) is 0 Å². The quantitative estimate of drug-likeness (QED) is 0.524. The molecule has 2 aromatic carbocycles. The van der Waals surface area contributed by atoms with Gasteiger partial charge in [0.1, 0.15) is 5.82 Å². The van der Waals surface area contributed by atoms with Gasteiger partial charge < -0.3 is 0 Å². The average Bonchev–Trinajstić information content (AvgIpc) is 2.31. The van der Waals surface area contributed by atoms with E-state index >= 15 is 0 Å². The zero-order chi connectivity index (χ0) is 14.2. The summed E-state index contributed by atoms with van der Waals surface area (Å²) in [6, 6.07) is 7.22. The molecule has 0 spiro atoms. The van der Waals surface area contributed by atoms with Crippen LogP contribution in [-0.2, 0) is 0 Å². The number of alkyl halides is 1. The van der Waals surface area contributed by atoms with Gasteiger partial charge in [0.25, 0.3) is 0 Å². The maximum Gasteiger partial charge on any atom is 0.161 e. The summed E-state index contributed by atoms with van der Waals surface area (Å²) < 4.78 is 39.9. The molecule has 0 saturated carbocycles. The Morgan fingerprint density at radius 3 is 1.89 bits per heavy atom. The molecule has 0 saturated heterocycles. The minimum atomic E-state index is -1.18. The molecule has 100 valence electrons. The summed E-state index contributed by atoms with van der Waals surface area (Å²) in [6.07, 6.45) is 0. The number of benzene rings is 2. The number of rotatable bonds is 2. The third-order valence-corrected chi connectivity index (χ3v) is 3.87. The molecule has 4 heteroatoms. The first-order chi connectivity index (χ1) is 8.88. The summed E-state index contributed by atoms with van der Waals surface area (Å²) in [5.41, 5.74) is 2.95. The Morgan fingerprint density at radius 2 is 1.32 bits per heavy atom. The largest absolute Gasteiger partial charge is 0.207 e. The summed E-state index contributed by atoms with van der Waals surface area (Å²) in [5, 5.41) is 0. The lowest BCUT2D eigenvalue weighted by molar-refractivity contribution is 0.491. The SMILES string of the molecule is Cc1cc(C)cc(C(Br)c2cc(F)c(F)cc2F)c1. The normalized spacial score (nSPS) is 12.5. The van der Waals surface area contributed by atoms with Crippen LogP contribution in [0, 0.1) is 31.3 Å². The highest BCUT2D eigenvalue weighted by Gasteiger charge is 2.18. The maximum atomic E-state index is 13.7. The van der Waals surface area contributed by atoms with Gasteiger partial charge in [0.05, 0.1) is 4.83 Å². The minimum absolute atomic E-state index is 0.0869. The molecule has 0 fully saturated rings. The van der Waals surface area contributed by atoms with Crippen molar-refractivity contribution in [3.05, 3.63) is 70.0 Å². The fourth-order valence-electron chi connectivity index (χ4n) is 2.07. The molecule has 0 heterocycles. The van der Waals surface area contributed by atoms with Crippen LogP contribution in [0.3, 0.4) is 0 Å². The lowest BCUT2D eigenvalue weighted by Crippen LogP contribution is -2.00. The summed E-state index contributed by atoms with van der Waals surface area (Å²) >= 11 is 3.34. The smallest absolute Gasteiger partial charge is 0.161 e. The third kappa shape index (κ3) is 3.00. The van der Waals surface area contributed by atoms with Gasteiger partial charge in [-0.15, -0.1) is 0 Å². The average molecular weight is 329 g/mol. The highest BCUT2D eigenvalue weighted by Crippen LogP contribution is 2.34. The van der Waals surface area contributed by atoms with Crippen molar-refractivity contribution >= 4 is 15.9 Å². The van der Waals surface area contributed by atoms with Crippen LogP contribution in [0.15, 0.2) is 30.3 Å². The Balaban J connectivity index is 2.49. The molecule has 0 aliphatic rings. The van der Waals surface area contributed by atoms with Crippen molar-refractivity contribution in [1.82, 2.24) is 0 Å². The van der Waals surface area contributed by atoms with E-state index in [0.717, 1.165) is 22.8 Å². The van der Waals surface area contributed by atoms with Gasteiger partial charge in [-0.2, -0.15) is 0 Å². The van der Waals surface area contributed by atoms with Gasteiger partial charge in [0, 0.05) is 11.6 Å². The molecule has 0 aromatic heterocycles. The van der Waals surface area contributed by atoms with E-state index in [1.54, 1.807) is 0 Å². The molecule has 0 aliphatic carbocycles. The van der Waals surface area contributed by atoms with E-state index in [9.17, 15) is 13.2 Å². The van der Waals surface area contributed by atoms with Gasteiger partial charge >= 0.3 is 0 Å². The van der Waals surface area contributed by atoms with Gasteiger partial charge in [0.15, 0.2) is 11.6 Å². The van der Waals surface area contributed by atoms with E-state index in [-0.39, 0.29) is 5.56 Å². The summed E-state index contributed by atoms with van der Waals surface area (Å²) in [5.74, 6) is -2.99. The van der Waals surface area contributed by atoms with E-state index in [0.29, 0.717) is 6.07 Å². The lowest BCUT2D eigenvalue weighted by Gasteiger charge is -2.14. The standard InChI is InChI=1S/C15H12BrF3/c1-8-3-9(2)5-10(4-8)15(16)11-6-13(18)14(19)7-12(11)17/h3-7,15H,1-2H3. The fourth-order valence-corrected chi connectivity index (χ4v) is 2.68. The Morgan fingerprint density at radius 1 is 0.789 bits per heavy atom. The maximum absolute atomic E-state index is 13.7. The second kappa shape index (κ2) is 5.37. The first kappa shape index (κ1) is 14.1. The molecule has 0 amide bonds. The van der Waals surface area contributed by atoms with Crippen molar-refractivity contribution in [3.8, 4) is 0 Å². The zero-order valence-electron chi connectivity index (χ0n) is 10.5. The molecule has 2 aromatic rings. The zero-order valence-corrected chi connectivity index (χ0v) is 12.1. The molecule has 0 N–H and O–H groups in total. The molecule has 1 unspecified atom stereocenters. The van der Waals surface area contributed by atoms with Crippen molar-refractivity contribution in [1.29, 1.82) is 0 Å². The molecule has 19 heavy (non-hydrogen) atoms. The molecule has 2 rings (SSSR count). The van der Waals surface area contributed by atoms with Crippen LogP contribution in [0.1, 0.15) is 27.1 Å². The monoisotopic (exact) mass is 328 g/mol. The second-order valence-corrected chi connectivity index (χ2v) is 5.49. The predicted molar refractivity (Wildman–Crippen MR) is 73.0 cm³/mol. The van der Waals surface area contributed by atoms with Crippen molar-refractivity contribution in [2.24, 2.45) is 0 Å². The van der Waals surface area contributed by atoms with Crippen molar-refractivity contribution in [3.63, 3.8) is 0 Å². The summed E-state index contributed by atoms with van der Waals surface area (Å²) in [6.45, 7) is 3.86. The Hall–Kier alpha value is -1.29. The highest BCUT2D eigenvalue weighted by molar-refractivity contribution is 9.09. The van der Waals surface area contributed by atoms with Gasteiger partial charge in [-0.3, -0.25) is 0 Å². The highest BCUT2D eigenvalue weighted by atomic mass is 79.9. The number of hydrogen-bond donors (Lipinski definition) is 0. The lowest BCUT2D eigenvalue weighted by atomic mass is 10.00. The Labute approximate surface area is 118 Å².